The van der Waals surface area contributed by atoms with Gasteiger partial charge in [0.15, 0.2) is 5.78 Å². The van der Waals surface area contributed by atoms with Crippen LogP contribution in [-0.4, -0.2) is 42.1 Å². The van der Waals surface area contributed by atoms with Crippen LogP contribution >= 0.6 is 0 Å². The SMILES string of the molecule is CCCCCCCCCCCCCCC(=O)OC[C@@H](O)COC(=O)CCC/C=C\C/C=C\C/C=C\C=C\C(=O)CCCCC. The first-order valence-corrected chi connectivity index (χ1v) is 17.6. The zero-order valence-corrected chi connectivity index (χ0v) is 28.2. The van der Waals surface area contributed by atoms with Crippen LogP contribution in [0.15, 0.2) is 48.6 Å². The van der Waals surface area contributed by atoms with E-state index in [9.17, 15) is 19.5 Å². The molecule has 0 saturated carbocycles. The third kappa shape index (κ3) is 32.4. The molecular weight excluding hydrogens is 552 g/mol. The Labute approximate surface area is 269 Å². The highest BCUT2D eigenvalue weighted by Gasteiger charge is 2.12. The first-order chi connectivity index (χ1) is 21.5. The Kier molecular flexibility index (Phi) is 31.5. The van der Waals surface area contributed by atoms with Crippen LogP contribution in [0.1, 0.15) is 155 Å². The van der Waals surface area contributed by atoms with Crippen molar-refractivity contribution in [1.29, 1.82) is 0 Å². The zero-order chi connectivity index (χ0) is 32.4. The van der Waals surface area contributed by atoms with Gasteiger partial charge in [0.2, 0.25) is 0 Å². The third-order valence-corrected chi connectivity index (χ3v) is 7.29. The fourth-order valence-corrected chi connectivity index (χ4v) is 4.56. The smallest absolute Gasteiger partial charge is 0.305 e. The molecule has 0 bridgehead atoms. The van der Waals surface area contributed by atoms with Gasteiger partial charge >= 0.3 is 11.9 Å². The van der Waals surface area contributed by atoms with E-state index in [0.717, 1.165) is 57.8 Å². The fourth-order valence-electron chi connectivity index (χ4n) is 4.56. The molecule has 0 aromatic carbocycles. The van der Waals surface area contributed by atoms with Crippen molar-refractivity contribution in [3.8, 4) is 0 Å². The summed E-state index contributed by atoms with van der Waals surface area (Å²) < 4.78 is 10.2. The molecule has 0 aromatic heterocycles. The van der Waals surface area contributed by atoms with Gasteiger partial charge in [0.25, 0.3) is 0 Å². The first-order valence-electron chi connectivity index (χ1n) is 17.6. The minimum atomic E-state index is -1.000. The summed E-state index contributed by atoms with van der Waals surface area (Å²) in [5.41, 5.74) is 0. The summed E-state index contributed by atoms with van der Waals surface area (Å²) in [5, 5.41) is 9.96. The fraction of sp³-hybridized carbons (Fsp3) is 0.711. The molecule has 0 aliphatic heterocycles. The van der Waals surface area contributed by atoms with Gasteiger partial charge in [-0.3, -0.25) is 14.4 Å². The highest BCUT2D eigenvalue weighted by molar-refractivity contribution is 5.89. The summed E-state index contributed by atoms with van der Waals surface area (Å²) in [7, 11) is 0. The lowest BCUT2D eigenvalue weighted by Crippen LogP contribution is -2.25. The van der Waals surface area contributed by atoms with Crippen molar-refractivity contribution >= 4 is 17.7 Å². The Morgan fingerprint density at radius 2 is 1.00 bits per heavy atom. The molecule has 0 rings (SSSR count). The largest absolute Gasteiger partial charge is 0.463 e. The quantitative estimate of drug-likeness (QED) is 0.0274. The van der Waals surface area contributed by atoms with Crippen LogP contribution in [0.2, 0.25) is 0 Å². The molecule has 1 N–H and O–H groups in total. The van der Waals surface area contributed by atoms with Gasteiger partial charge in [-0.05, 0) is 44.6 Å². The number of rotatable bonds is 31. The monoisotopic (exact) mass is 616 g/mol. The lowest BCUT2D eigenvalue weighted by atomic mass is 10.0. The lowest BCUT2D eigenvalue weighted by Gasteiger charge is -2.12. The second-order valence-corrected chi connectivity index (χ2v) is 11.7. The van der Waals surface area contributed by atoms with Gasteiger partial charge < -0.3 is 14.6 Å². The molecule has 252 valence electrons. The van der Waals surface area contributed by atoms with Crippen molar-refractivity contribution in [1.82, 2.24) is 0 Å². The first kappa shape index (κ1) is 41.5. The molecule has 0 radical (unpaired) electrons. The number of allylic oxidation sites excluding steroid dienone is 8. The molecule has 0 fully saturated rings. The molecule has 6 heteroatoms. The van der Waals surface area contributed by atoms with Crippen LogP contribution in [0.3, 0.4) is 0 Å². The predicted octanol–water partition coefficient (Wildman–Crippen LogP) is 9.85. The number of hydrogen-bond donors (Lipinski definition) is 1. The van der Waals surface area contributed by atoms with Crippen molar-refractivity contribution in [2.45, 2.75) is 161 Å². The predicted molar refractivity (Wildman–Crippen MR) is 182 cm³/mol. The summed E-state index contributed by atoms with van der Waals surface area (Å²) >= 11 is 0. The number of aliphatic hydroxyl groups is 1. The maximum atomic E-state index is 11.9. The second-order valence-electron chi connectivity index (χ2n) is 11.7. The van der Waals surface area contributed by atoms with Gasteiger partial charge in [0.1, 0.15) is 19.3 Å². The van der Waals surface area contributed by atoms with Crippen LogP contribution in [0, 0.1) is 0 Å². The number of unbranched alkanes of at least 4 members (excludes halogenated alkanes) is 14. The molecule has 44 heavy (non-hydrogen) atoms. The van der Waals surface area contributed by atoms with Gasteiger partial charge in [0, 0.05) is 19.3 Å². The van der Waals surface area contributed by atoms with E-state index in [1.165, 1.54) is 57.8 Å². The second kappa shape index (κ2) is 33.4. The summed E-state index contributed by atoms with van der Waals surface area (Å²) in [6.07, 6.45) is 37.1. The number of aliphatic hydroxyl groups excluding tert-OH is 1. The van der Waals surface area contributed by atoms with E-state index in [0.29, 0.717) is 19.3 Å². The van der Waals surface area contributed by atoms with Gasteiger partial charge in [-0.15, -0.1) is 0 Å². The highest BCUT2D eigenvalue weighted by Crippen LogP contribution is 2.13. The Bertz CT molecular complexity index is 810. The normalized spacial score (nSPS) is 12.6. The lowest BCUT2D eigenvalue weighted by molar-refractivity contribution is -0.152. The summed E-state index contributed by atoms with van der Waals surface area (Å²) in [6.45, 7) is 4.07. The van der Waals surface area contributed by atoms with Crippen LogP contribution in [0.5, 0.6) is 0 Å². The molecule has 0 saturated heterocycles. The van der Waals surface area contributed by atoms with E-state index < -0.39 is 6.10 Å². The number of ketones is 1. The summed E-state index contributed by atoms with van der Waals surface area (Å²) in [5.74, 6) is -0.477. The van der Waals surface area contributed by atoms with E-state index in [1.54, 1.807) is 6.08 Å². The standard InChI is InChI=1S/C38H64O6/c1-3-5-7-8-9-10-11-14-17-20-23-27-31-37(41)43-33-36(40)34-44-38(42)32-28-24-21-18-15-12-13-16-19-22-26-30-35(39)29-25-6-4-2/h12-13,18-19,21-22,26,30,36,40H,3-11,14-17,20,23-25,27-29,31-34H2,1-2H3/b13-12-,21-18-,22-19-,30-26+/t36-/m1/s1. The van der Waals surface area contributed by atoms with Crippen molar-refractivity contribution in [3.05, 3.63) is 48.6 Å². The van der Waals surface area contributed by atoms with Crippen molar-refractivity contribution in [2.75, 3.05) is 13.2 Å². The van der Waals surface area contributed by atoms with E-state index in [4.69, 9.17) is 9.47 Å². The minimum Gasteiger partial charge on any atom is -0.463 e. The number of esters is 2. The minimum absolute atomic E-state index is 0.147. The molecule has 0 aliphatic carbocycles. The Morgan fingerprint density at radius 1 is 0.545 bits per heavy atom. The molecule has 0 aliphatic rings. The Hall–Kier alpha value is -2.47. The number of ether oxygens (including phenoxy) is 2. The van der Waals surface area contributed by atoms with Crippen molar-refractivity contribution < 1.29 is 29.0 Å². The number of hydrogen-bond acceptors (Lipinski definition) is 6. The van der Waals surface area contributed by atoms with Crippen LogP contribution in [-0.2, 0) is 23.9 Å². The average Bonchev–Trinajstić information content (AvgIpc) is 3.01. The zero-order valence-electron chi connectivity index (χ0n) is 28.2. The molecule has 0 aromatic rings. The van der Waals surface area contributed by atoms with E-state index in [2.05, 4.69) is 32.1 Å². The molecule has 0 unspecified atom stereocenters. The van der Waals surface area contributed by atoms with E-state index in [-0.39, 0.29) is 37.4 Å². The third-order valence-electron chi connectivity index (χ3n) is 7.29. The van der Waals surface area contributed by atoms with Gasteiger partial charge in [-0.1, -0.05) is 140 Å². The maximum Gasteiger partial charge on any atom is 0.305 e. The molecule has 6 nitrogen and oxygen atoms in total. The summed E-state index contributed by atoms with van der Waals surface area (Å²) in [4.78, 5) is 35.4. The molecule has 0 spiro atoms. The van der Waals surface area contributed by atoms with Crippen LogP contribution in [0.4, 0.5) is 0 Å². The maximum absolute atomic E-state index is 11.9. The molecule has 0 heterocycles. The summed E-state index contributed by atoms with van der Waals surface area (Å²) in [6, 6.07) is 0. The number of carbonyl (C=O) groups excluding carboxylic acids is 3. The molecule has 0 amide bonds. The van der Waals surface area contributed by atoms with E-state index in [1.807, 2.05) is 24.3 Å². The molecule has 1 atom stereocenters. The topological polar surface area (TPSA) is 89.9 Å². The van der Waals surface area contributed by atoms with Crippen LogP contribution < -0.4 is 0 Å². The van der Waals surface area contributed by atoms with Crippen LogP contribution in [0.25, 0.3) is 0 Å². The highest BCUT2D eigenvalue weighted by atomic mass is 16.6. The van der Waals surface area contributed by atoms with Gasteiger partial charge in [0.05, 0.1) is 0 Å². The van der Waals surface area contributed by atoms with Gasteiger partial charge in [-0.25, -0.2) is 0 Å². The number of carbonyl (C=O) groups is 3. The molecular formula is C38H64O6. The van der Waals surface area contributed by atoms with Crippen molar-refractivity contribution in [2.24, 2.45) is 0 Å². The van der Waals surface area contributed by atoms with E-state index >= 15 is 0 Å². The average molecular weight is 617 g/mol. The Morgan fingerprint density at radius 3 is 1.59 bits per heavy atom. The Balaban J connectivity index is 3.62. The van der Waals surface area contributed by atoms with Gasteiger partial charge in [-0.2, -0.15) is 0 Å². The van der Waals surface area contributed by atoms with Crippen molar-refractivity contribution in [3.63, 3.8) is 0 Å².